The summed E-state index contributed by atoms with van der Waals surface area (Å²) in [4.78, 5) is 11.1. The zero-order chi connectivity index (χ0) is 13.7. The molecule has 0 aliphatic carbocycles. The maximum Gasteiger partial charge on any atom is 0.345 e. The number of aliphatic carboxylic acids is 1. The molecule has 0 aliphatic heterocycles. The van der Waals surface area contributed by atoms with Gasteiger partial charge in [-0.3, -0.25) is 0 Å². The number of carboxylic acid groups (broad SMARTS) is 1. The van der Waals surface area contributed by atoms with Crippen molar-refractivity contribution in [3.05, 3.63) is 18.2 Å². The first kappa shape index (κ1) is 14.2. The van der Waals surface area contributed by atoms with E-state index in [2.05, 4.69) is 0 Å². The zero-order valence-electron chi connectivity index (χ0n) is 11.0. The van der Waals surface area contributed by atoms with Crippen molar-refractivity contribution in [1.29, 1.82) is 0 Å². The first-order valence-corrected chi connectivity index (χ1v) is 5.61. The van der Waals surface area contributed by atoms with E-state index in [-0.39, 0.29) is 5.92 Å². The van der Waals surface area contributed by atoms with Crippen LogP contribution in [0, 0.1) is 5.92 Å². The zero-order valence-corrected chi connectivity index (χ0v) is 11.0. The molecule has 0 aliphatic rings. The van der Waals surface area contributed by atoms with Crippen LogP contribution in [0.5, 0.6) is 17.2 Å². The molecule has 1 rings (SSSR count). The van der Waals surface area contributed by atoms with Crippen molar-refractivity contribution in [3.8, 4) is 17.2 Å². The number of carboxylic acids is 1. The Balaban J connectivity index is 3.11. The molecule has 0 saturated heterocycles. The van der Waals surface area contributed by atoms with Gasteiger partial charge in [-0.25, -0.2) is 4.79 Å². The lowest BCUT2D eigenvalue weighted by atomic mass is 10.1. The molecule has 100 valence electrons. The number of para-hydroxylation sites is 1. The smallest absolute Gasteiger partial charge is 0.345 e. The van der Waals surface area contributed by atoms with Crippen molar-refractivity contribution < 1.29 is 24.1 Å². The van der Waals surface area contributed by atoms with E-state index < -0.39 is 12.1 Å². The summed E-state index contributed by atoms with van der Waals surface area (Å²) in [5, 5.41) is 9.13. The maximum absolute atomic E-state index is 11.1. The number of benzene rings is 1. The second kappa shape index (κ2) is 6.14. The summed E-state index contributed by atoms with van der Waals surface area (Å²) in [5.74, 6) is 0.0150. The van der Waals surface area contributed by atoms with E-state index in [9.17, 15) is 4.79 Å². The molecule has 1 aromatic carbocycles. The molecule has 0 spiro atoms. The van der Waals surface area contributed by atoms with Crippen molar-refractivity contribution in [3.63, 3.8) is 0 Å². The number of carbonyl (C=O) groups is 1. The lowest BCUT2D eigenvalue weighted by Crippen LogP contribution is -2.32. The standard InChI is InChI=1S/C13H18O5/c1-8(2)11(13(14)15)18-12-9(16-3)6-5-7-10(12)17-4/h5-8,11H,1-4H3,(H,14,15). The molecule has 18 heavy (non-hydrogen) atoms. The topological polar surface area (TPSA) is 65.0 Å². The molecule has 1 unspecified atom stereocenters. The highest BCUT2D eigenvalue weighted by Gasteiger charge is 2.26. The molecule has 5 heteroatoms. The fourth-order valence-corrected chi connectivity index (χ4v) is 1.53. The van der Waals surface area contributed by atoms with Gasteiger partial charge in [-0.15, -0.1) is 0 Å². The second-order valence-corrected chi connectivity index (χ2v) is 4.11. The molecule has 1 aromatic rings. The number of rotatable bonds is 6. The van der Waals surface area contributed by atoms with E-state index in [1.54, 1.807) is 32.0 Å². The molecule has 0 fully saturated rings. The number of hydrogen-bond donors (Lipinski definition) is 1. The lowest BCUT2D eigenvalue weighted by molar-refractivity contribution is -0.147. The van der Waals surface area contributed by atoms with Gasteiger partial charge in [0, 0.05) is 5.92 Å². The van der Waals surface area contributed by atoms with Gasteiger partial charge in [0.05, 0.1) is 14.2 Å². The molecule has 0 amide bonds. The molecule has 0 heterocycles. The average molecular weight is 254 g/mol. The third-order valence-electron chi connectivity index (χ3n) is 2.48. The van der Waals surface area contributed by atoms with Crippen molar-refractivity contribution >= 4 is 5.97 Å². The maximum atomic E-state index is 11.1. The van der Waals surface area contributed by atoms with Crippen LogP contribution in [-0.2, 0) is 4.79 Å². The molecule has 5 nitrogen and oxygen atoms in total. The number of hydrogen-bond acceptors (Lipinski definition) is 4. The monoisotopic (exact) mass is 254 g/mol. The normalized spacial score (nSPS) is 12.1. The molecular formula is C13H18O5. The van der Waals surface area contributed by atoms with Gasteiger partial charge in [0.2, 0.25) is 5.75 Å². The van der Waals surface area contributed by atoms with Crippen LogP contribution in [0.25, 0.3) is 0 Å². The van der Waals surface area contributed by atoms with Gasteiger partial charge in [0.15, 0.2) is 17.6 Å². The molecule has 1 N–H and O–H groups in total. The summed E-state index contributed by atoms with van der Waals surface area (Å²) in [6, 6.07) is 5.13. The Morgan fingerprint density at radius 3 is 2.00 bits per heavy atom. The lowest BCUT2D eigenvalue weighted by Gasteiger charge is -2.21. The third-order valence-corrected chi connectivity index (χ3v) is 2.48. The van der Waals surface area contributed by atoms with Crippen molar-refractivity contribution in [2.75, 3.05) is 14.2 Å². The Morgan fingerprint density at radius 1 is 1.17 bits per heavy atom. The van der Waals surface area contributed by atoms with Gasteiger partial charge in [0.1, 0.15) is 0 Å². The van der Waals surface area contributed by atoms with Crippen LogP contribution in [-0.4, -0.2) is 31.4 Å². The van der Waals surface area contributed by atoms with Crippen LogP contribution in [0.15, 0.2) is 18.2 Å². The van der Waals surface area contributed by atoms with Crippen LogP contribution in [0.2, 0.25) is 0 Å². The van der Waals surface area contributed by atoms with Crippen LogP contribution in [0.3, 0.4) is 0 Å². The Bertz CT molecular complexity index is 392. The van der Waals surface area contributed by atoms with E-state index in [0.717, 1.165) is 0 Å². The highest BCUT2D eigenvalue weighted by Crippen LogP contribution is 2.38. The molecule has 0 saturated carbocycles. The van der Waals surface area contributed by atoms with Gasteiger partial charge in [-0.05, 0) is 12.1 Å². The van der Waals surface area contributed by atoms with Crippen LogP contribution < -0.4 is 14.2 Å². The largest absolute Gasteiger partial charge is 0.493 e. The van der Waals surface area contributed by atoms with E-state index in [0.29, 0.717) is 17.2 Å². The molecule has 0 aromatic heterocycles. The van der Waals surface area contributed by atoms with Gasteiger partial charge in [0.25, 0.3) is 0 Å². The van der Waals surface area contributed by atoms with Crippen molar-refractivity contribution in [2.24, 2.45) is 5.92 Å². The van der Waals surface area contributed by atoms with Gasteiger partial charge >= 0.3 is 5.97 Å². The van der Waals surface area contributed by atoms with Gasteiger partial charge in [-0.1, -0.05) is 19.9 Å². The van der Waals surface area contributed by atoms with Crippen LogP contribution in [0.1, 0.15) is 13.8 Å². The predicted molar refractivity (Wildman–Crippen MR) is 66.4 cm³/mol. The first-order valence-electron chi connectivity index (χ1n) is 5.61. The molecular weight excluding hydrogens is 236 g/mol. The Morgan fingerprint density at radius 2 is 1.67 bits per heavy atom. The predicted octanol–water partition coefficient (Wildman–Crippen LogP) is 2.19. The summed E-state index contributed by atoms with van der Waals surface area (Å²) < 4.78 is 15.8. The average Bonchev–Trinajstić information content (AvgIpc) is 2.34. The molecule has 1 atom stereocenters. The van der Waals surface area contributed by atoms with E-state index in [4.69, 9.17) is 19.3 Å². The van der Waals surface area contributed by atoms with Crippen molar-refractivity contribution in [1.82, 2.24) is 0 Å². The number of ether oxygens (including phenoxy) is 3. The third kappa shape index (κ3) is 3.06. The van der Waals surface area contributed by atoms with E-state index >= 15 is 0 Å². The quantitative estimate of drug-likeness (QED) is 0.843. The van der Waals surface area contributed by atoms with E-state index in [1.165, 1.54) is 14.2 Å². The summed E-state index contributed by atoms with van der Waals surface area (Å²) in [7, 11) is 2.99. The summed E-state index contributed by atoms with van der Waals surface area (Å²) in [5.41, 5.74) is 0. The Labute approximate surface area is 106 Å². The SMILES string of the molecule is COc1cccc(OC)c1OC(C(=O)O)C(C)C. The van der Waals surface area contributed by atoms with Crippen LogP contribution >= 0.6 is 0 Å². The van der Waals surface area contributed by atoms with E-state index in [1.807, 2.05) is 0 Å². The first-order chi connectivity index (χ1) is 8.51. The minimum absolute atomic E-state index is 0.169. The highest BCUT2D eigenvalue weighted by atomic mass is 16.6. The minimum Gasteiger partial charge on any atom is -0.493 e. The summed E-state index contributed by atoms with van der Waals surface area (Å²) in [6.45, 7) is 3.56. The molecule has 0 bridgehead atoms. The van der Waals surface area contributed by atoms with Gasteiger partial charge < -0.3 is 19.3 Å². The fourth-order valence-electron chi connectivity index (χ4n) is 1.53. The highest BCUT2D eigenvalue weighted by molar-refractivity contribution is 5.73. The summed E-state index contributed by atoms with van der Waals surface area (Å²) in [6.07, 6.45) is -0.949. The second-order valence-electron chi connectivity index (χ2n) is 4.11. The van der Waals surface area contributed by atoms with Crippen LogP contribution in [0.4, 0.5) is 0 Å². The number of methoxy groups -OCH3 is 2. The fraction of sp³-hybridized carbons (Fsp3) is 0.462. The Hall–Kier alpha value is -1.91. The van der Waals surface area contributed by atoms with Gasteiger partial charge in [-0.2, -0.15) is 0 Å². The van der Waals surface area contributed by atoms with Crippen molar-refractivity contribution in [2.45, 2.75) is 20.0 Å². The summed E-state index contributed by atoms with van der Waals surface area (Å²) >= 11 is 0. The molecule has 0 radical (unpaired) electrons. The Kier molecular flexibility index (Phi) is 4.83. The minimum atomic E-state index is -1.02.